The molecule has 1 saturated heterocycles. The monoisotopic (exact) mass is 285 g/mol. The van der Waals surface area contributed by atoms with Gasteiger partial charge in [0.25, 0.3) is 0 Å². The molecule has 0 bridgehead atoms. The fraction of sp³-hybridized carbons (Fsp3) is 0.588. The summed E-state index contributed by atoms with van der Waals surface area (Å²) in [6, 6.07) is 6.24. The zero-order chi connectivity index (χ0) is 14.4. The molecule has 2 aromatic rings. The lowest BCUT2D eigenvalue weighted by Crippen LogP contribution is -2.46. The van der Waals surface area contributed by atoms with Gasteiger partial charge in [-0.25, -0.2) is 4.79 Å². The van der Waals surface area contributed by atoms with E-state index < -0.39 is 0 Å². The van der Waals surface area contributed by atoms with Crippen LogP contribution in [0.3, 0.4) is 0 Å². The van der Waals surface area contributed by atoms with Crippen molar-refractivity contribution in [1.29, 1.82) is 0 Å². The van der Waals surface area contributed by atoms with E-state index in [0.29, 0.717) is 5.41 Å². The van der Waals surface area contributed by atoms with Gasteiger partial charge in [0.1, 0.15) is 0 Å². The highest BCUT2D eigenvalue weighted by atomic mass is 16.1. The number of H-pyrrole nitrogens is 1. The van der Waals surface area contributed by atoms with Gasteiger partial charge < -0.3 is 10.3 Å². The Hall–Kier alpha value is -1.55. The average molecular weight is 285 g/mol. The highest BCUT2D eigenvalue weighted by Gasteiger charge is 2.44. The number of fused-ring (bicyclic) bond motifs is 1. The molecule has 4 rings (SSSR count). The minimum atomic E-state index is -0.0131. The van der Waals surface area contributed by atoms with Crippen molar-refractivity contribution in [3.8, 4) is 0 Å². The van der Waals surface area contributed by atoms with Crippen LogP contribution in [0.15, 0.2) is 23.0 Å². The lowest BCUT2D eigenvalue weighted by molar-refractivity contribution is 0.0222. The van der Waals surface area contributed by atoms with Gasteiger partial charge >= 0.3 is 5.69 Å². The van der Waals surface area contributed by atoms with Gasteiger partial charge in [0.15, 0.2) is 0 Å². The Kier molecular flexibility index (Phi) is 2.96. The van der Waals surface area contributed by atoms with Crippen LogP contribution in [-0.2, 0) is 13.5 Å². The number of aromatic nitrogens is 2. The van der Waals surface area contributed by atoms with Gasteiger partial charge in [0.2, 0.25) is 0 Å². The molecule has 21 heavy (non-hydrogen) atoms. The Balaban J connectivity index is 1.55. The highest BCUT2D eigenvalue weighted by Crippen LogP contribution is 2.52. The van der Waals surface area contributed by atoms with Crippen LogP contribution in [0.2, 0.25) is 0 Å². The summed E-state index contributed by atoms with van der Waals surface area (Å²) >= 11 is 0. The molecule has 0 amide bonds. The van der Waals surface area contributed by atoms with Crippen LogP contribution < -0.4 is 11.0 Å². The summed E-state index contributed by atoms with van der Waals surface area (Å²) in [5.41, 5.74) is 4.00. The average Bonchev–Trinajstić information content (AvgIpc) is 2.75. The van der Waals surface area contributed by atoms with Crippen LogP contribution in [0.1, 0.15) is 31.2 Å². The van der Waals surface area contributed by atoms with Crippen LogP contribution in [0.4, 0.5) is 0 Å². The number of nitrogens with zero attached hydrogens (tertiary/aromatic N) is 1. The van der Waals surface area contributed by atoms with Crippen molar-refractivity contribution in [2.24, 2.45) is 18.4 Å². The van der Waals surface area contributed by atoms with E-state index in [9.17, 15) is 4.79 Å². The van der Waals surface area contributed by atoms with E-state index in [0.717, 1.165) is 23.4 Å². The van der Waals surface area contributed by atoms with Gasteiger partial charge in [-0.2, -0.15) is 0 Å². The molecule has 1 saturated carbocycles. The Morgan fingerprint density at radius 2 is 2.05 bits per heavy atom. The van der Waals surface area contributed by atoms with Gasteiger partial charge in [-0.3, -0.25) is 4.57 Å². The van der Waals surface area contributed by atoms with Gasteiger partial charge in [-0.15, -0.1) is 0 Å². The topological polar surface area (TPSA) is 49.8 Å². The molecule has 2 fully saturated rings. The minimum Gasteiger partial charge on any atom is -0.317 e. The molecule has 2 N–H and O–H groups in total. The van der Waals surface area contributed by atoms with Crippen molar-refractivity contribution in [3.63, 3.8) is 0 Å². The number of benzene rings is 1. The Morgan fingerprint density at radius 3 is 2.81 bits per heavy atom. The number of piperidine rings is 1. The molecule has 0 unspecified atom stereocenters. The van der Waals surface area contributed by atoms with Crippen molar-refractivity contribution in [1.82, 2.24) is 14.9 Å². The van der Waals surface area contributed by atoms with Crippen molar-refractivity contribution in [2.75, 3.05) is 13.1 Å². The first kappa shape index (κ1) is 13.1. The fourth-order valence-electron chi connectivity index (χ4n) is 4.54. The van der Waals surface area contributed by atoms with E-state index in [-0.39, 0.29) is 5.69 Å². The number of aryl methyl sites for hydroxylation is 1. The Bertz CT molecular complexity index is 713. The summed E-state index contributed by atoms with van der Waals surface area (Å²) in [6.07, 6.45) is 6.53. The molecule has 2 aliphatic rings. The number of imidazole rings is 1. The smallest absolute Gasteiger partial charge is 0.317 e. The number of rotatable bonds is 2. The van der Waals surface area contributed by atoms with E-state index in [2.05, 4.69) is 22.4 Å². The fourth-order valence-corrected chi connectivity index (χ4v) is 4.54. The third-order valence-corrected chi connectivity index (χ3v) is 5.62. The molecule has 2 heterocycles. The lowest BCUT2D eigenvalue weighted by atomic mass is 9.56. The van der Waals surface area contributed by atoms with Crippen LogP contribution in [0.5, 0.6) is 0 Å². The van der Waals surface area contributed by atoms with Crippen LogP contribution in [0, 0.1) is 11.3 Å². The number of hydrogen-bond donors (Lipinski definition) is 2. The quantitative estimate of drug-likeness (QED) is 0.888. The zero-order valence-electron chi connectivity index (χ0n) is 12.6. The third kappa shape index (κ3) is 2.13. The van der Waals surface area contributed by atoms with Crippen molar-refractivity contribution >= 4 is 11.0 Å². The number of aromatic amines is 1. The van der Waals surface area contributed by atoms with Crippen molar-refractivity contribution in [3.05, 3.63) is 34.2 Å². The van der Waals surface area contributed by atoms with Gasteiger partial charge in [0, 0.05) is 7.05 Å². The Labute approximate surface area is 124 Å². The van der Waals surface area contributed by atoms with Crippen LogP contribution in [-0.4, -0.2) is 22.6 Å². The molecule has 1 aromatic carbocycles. The standard InChI is InChI=1S/C17H23N3O/c1-20-15-13(3-2-4-14(15)19-16(20)21)9-12-10-17(11-12)5-7-18-8-6-17/h2-4,12,18H,5-11H2,1H3,(H,19,21). The highest BCUT2D eigenvalue weighted by molar-refractivity contribution is 5.79. The summed E-state index contributed by atoms with van der Waals surface area (Å²) in [5.74, 6) is 0.790. The van der Waals surface area contributed by atoms with E-state index in [4.69, 9.17) is 0 Å². The molecule has 0 radical (unpaired) electrons. The normalized spacial score (nSPS) is 21.8. The predicted octanol–water partition coefficient (Wildman–Crippen LogP) is 2.19. The molecule has 1 aromatic heterocycles. The van der Waals surface area contributed by atoms with Gasteiger partial charge in [-0.1, -0.05) is 12.1 Å². The summed E-state index contributed by atoms with van der Waals surface area (Å²) in [4.78, 5) is 14.7. The van der Waals surface area contributed by atoms with Crippen molar-refractivity contribution < 1.29 is 0 Å². The maximum absolute atomic E-state index is 11.8. The first-order chi connectivity index (χ1) is 10.2. The summed E-state index contributed by atoms with van der Waals surface area (Å²) in [5, 5.41) is 3.46. The summed E-state index contributed by atoms with van der Waals surface area (Å²) in [7, 11) is 1.86. The molecule has 112 valence electrons. The largest absolute Gasteiger partial charge is 0.326 e. The SMILES string of the molecule is Cn1c(=O)[nH]c2cccc(CC3CC4(CCNCC4)C3)c21. The summed E-state index contributed by atoms with van der Waals surface area (Å²) in [6.45, 7) is 2.38. The molecular formula is C17H23N3O. The van der Waals surface area contributed by atoms with Crippen LogP contribution in [0.25, 0.3) is 11.0 Å². The molecule has 0 atom stereocenters. The molecule has 1 spiro atoms. The maximum Gasteiger partial charge on any atom is 0.326 e. The number of para-hydroxylation sites is 1. The minimum absolute atomic E-state index is 0.0131. The van der Waals surface area contributed by atoms with Crippen LogP contribution >= 0.6 is 0 Å². The Morgan fingerprint density at radius 1 is 1.29 bits per heavy atom. The molecular weight excluding hydrogens is 262 g/mol. The number of hydrogen-bond acceptors (Lipinski definition) is 2. The second-order valence-electron chi connectivity index (χ2n) is 7.03. The third-order valence-electron chi connectivity index (χ3n) is 5.62. The van der Waals surface area contributed by atoms with E-state index in [1.165, 1.54) is 44.3 Å². The van der Waals surface area contributed by atoms with Gasteiger partial charge in [0.05, 0.1) is 11.0 Å². The maximum atomic E-state index is 11.8. The predicted molar refractivity (Wildman–Crippen MR) is 84.5 cm³/mol. The summed E-state index contributed by atoms with van der Waals surface area (Å²) < 4.78 is 1.75. The van der Waals surface area contributed by atoms with E-state index >= 15 is 0 Å². The molecule has 1 aliphatic heterocycles. The molecule has 1 aliphatic carbocycles. The first-order valence-electron chi connectivity index (χ1n) is 8.04. The number of nitrogens with one attached hydrogen (secondary N) is 2. The first-order valence-corrected chi connectivity index (χ1v) is 8.04. The molecule has 4 heteroatoms. The zero-order valence-corrected chi connectivity index (χ0v) is 12.6. The second kappa shape index (κ2) is 4.73. The van der Waals surface area contributed by atoms with Gasteiger partial charge in [-0.05, 0) is 68.2 Å². The van der Waals surface area contributed by atoms with Crippen molar-refractivity contribution in [2.45, 2.75) is 32.1 Å². The van der Waals surface area contributed by atoms with E-state index in [1.807, 2.05) is 13.1 Å². The second-order valence-corrected chi connectivity index (χ2v) is 7.03. The molecule has 4 nitrogen and oxygen atoms in total. The van der Waals surface area contributed by atoms with E-state index in [1.54, 1.807) is 4.57 Å². The lowest BCUT2D eigenvalue weighted by Gasteiger charge is -2.50.